The summed E-state index contributed by atoms with van der Waals surface area (Å²) in [5.41, 5.74) is 3.02. The molecule has 0 aliphatic rings. The first-order chi connectivity index (χ1) is 9.99. The number of nitro groups is 1. The Hall–Kier alpha value is -2.08. The van der Waals surface area contributed by atoms with Crippen LogP contribution in [0.5, 0.6) is 0 Å². The molecule has 2 aromatic carbocycles. The van der Waals surface area contributed by atoms with Gasteiger partial charge >= 0.3 is 0 Å². The lowest BCUT2D eigenvalue weighted by Crippen LogP contribution is -2.08. The number of benzene rings is 2. The summed E-state index contributed by atoms with van der Waals surface area (Å²) in [6.45, 7) is 0.517. The van der Waals surface area contributed by atoms with Crippen molar-refractivity contribution in [3.05, 3.63) is 62.6 Å². The molecule has 0 heterocycles. The molecule has 0 aliphatic heterocycles. The van der Waals surface area contributed by atoms with Gasteiger partial charge < -0.3 is 10.2 Å². The summed E-state index contributed by atoms with van der Waals surface area (Å²) >= 11 is 3.30. The van der Waals surface area contributed by atoms with Crippen molar-refractivity contribution in [3.63, 3.8) is 0 Å². The summed E-state index contributed by atoms with van der Waals surface area (Å²) in [5, 5.41) is 14.2. The number of nitrogens with zero attached hydrogens (tertiary/aromatic N) is 2. The van der Waals surface area contributed by atoms with E-state index in [1.807, 2.05) is 49.3 Å². The Labute approximate surface area is 131 Å². The third-order valence-corrected chi connectivity index (χ3v) is 4.04. The van der Waals surface area contributed by atoms with E-state index >= 15 is 0 Å². The third kappa shape index (κ3) is 3.72. The maximum atomic E-state index is 10.9. The zero-order valence-electron chi connectivity index (χ0n) is 11.8. The lowest BCUT2D eigenvalue weighted by atomic mass is 10.2. The molecule has 0 amide bonds. The molecule has 110 valence electrons. The largest absolute Gasteiger partial charge is 0.381 e. The van der Waals surface area contributed by atoms with Crippen LogP contribution in [0.15, 0.2) is 46.9 Å². The molecule has 0 unspecified atom stereocenters. The number of anilines is 2. The van der Waals surface area contributed by atoms with Crippen LogP contribution in [0.4, 0.5) is 17.1 Å². The van der Waals surface area contributed by atoms with Crippen molar-refractivity contribution in [2.24, 2.45) is 0 Å². The summed E-state index contributed by atoms with van der Waals surface area (Å²) in [4.78, 5) is 12.5. The molecule has 6 heteroatoms. The zero-order chi connectivity index (χ0) is 15.4. The highest BCUT2D eigenvalue weighted by Gasteiger charge is 2.14. The fourth-order valence-corrected chi connectivity index (χ4v) is 2.47. The molecule has 0 aromatic heterocycles. The Morgan fingerprint density at radius 2 is 1.86 bits per heavy atom. The Kier molecular flexibility index (Phi) is 4.80. The maximum Gasteiger partial charge on any atom is 0.283 e. The van der Waals surface area contributed by atoms with Gasteiger partial charge in [0.15, 0.2) is 0 Å². The maximum absolute atomic E-state index is 10.9. The number of hydrogen-bond donors (Lipinski definition) is 1. The minimum Gasteiger partial charge on any atom is -0.381 e. The van der Waals surface area contributed by atoms with Crippen LogP contribution in [0.1, 0.15) is 5.56 Å². The molecule has 0 atom stereocenters. The Balaban J connectivity index is 2.09. The van der Waals surface area contributed by atoms with E-state index in [1.54, 1.807) is 6.07 Å². The third-order valence-electron chi connectivity index (χ3n) is 3.12. The Morgan fingerprint density at radius 1 is 1.19 bits per heavy atom. The number of rotatable bonds is 5. The highest BCUT2D eigenvalue weighted by Crippen LogP contribution is 2.28. The van der Waals surface area contributed by atoms with Gasteiger partial charge in [-0.1, -0.05) is 12.1 Å². The first kappa shape index (κ1) is 15.3. The van der Waals surface area contributed by atoms with Gasteiger partial charge in [0, 0.05) is 38.1 Å². The van der Waals surface area contributed by atoms with Crippen LogP contribution >= 0.6 is 15.9 Å². The predicted molar refractivity (Wildman–Crippen MR) is 88.9 cm³/mol. The summed E-state index contributed by atoms with van der Waals surface area (Å²) < 4.78 is 0.521. The van der Waals surface area contributed by atoms with Crippen molar-refractivity contribution in [1.29, 1.82) is 0 Å². The van der Waals surface area contributed by atoms with E-state index in [-0.39, 0.29) is 10.6 Å². The molecular formula is C15H16BrN3O2. The summed E-state index contributed by atoms with van der Waals surface area (Å²) in [6.07, 6.45) is 0. The summed E-state index contributed by atoms with van der Waals surface area (Å²) in [5.74, 6) is 0. The van der Waals surface area contributed by atoms with E-state index in [0.717, 1.165) is 16.9 Å². The van der Waals surface area contributed by atoms with Crippen molar-refractivity contribution in [2.45, 2.75) is 6.54 Å². The number of nitro benzene ring substituents is 1. The fraction of sp³-hybridized carbons (Fsp3) is 0.200. The minimum absolute atomic E-state index is 0.0808. The molecule has 0 saturated heterocycles. The number of nitrogens with one attached hydrogen (secondary N) is 1. The van der Waals surface area contributed by atoms with Gasteiger partial charge in [0.25, 0.3) is 5.69 Å². The van der Waals surface area contributed by atoms with E-state index in [9.17, 15) is 10.1 Å². The number of hydrogen-bond acceptors (Lipinski definition) is 4. The van der Waals surface area contributed by atoms with E-state index < -0.39 is 0 Å². The van der Waals surface area contributed by atoms with Crippen LogP contribution in [0.25, 0.3) is 0 Å². The highest BCUT2D eigenvalue weighted by atomic mass is 79.9. The van der Waals surface area contributed by atoms with Crippen molar-refractivity contribution in [3.8, 4) is 0 Å². The lowest BCUT2D eigenvalue weighted by Gasteiger charge is -2.13. The number of halogens is 1. The molecule has 2 rings (SSSR count). The fourth-order valence-electron chi connectivity index (χ4n) is 1.92. The van der Waals surface area contributed by atoms with Crippen LogP contribution in [0.3, 0.4) is 0 Å². The second-order valence-corrected chi connectivity index (χ2v) is 5.60. The molecule has 0 fully saturated rings. The first-order valence-electron chi connectivity index (χ1n) is 6.42. The molecule has 21 heavy (non-hydrogen) atoms. The van der Waals surface area contributed by atoms with Gasteiger partial charge in [0.1, 0.15) is 4.47 Å². The van der Waals surface area contributed by atoms with Gasteiger partial charge in [-0.3, -0.25) is 10.1 Å². The minimum atomic E-state index is -0.389. The zero-order valence-corrected chi connectivity index (χ0v) is 13.4. The van der Waals surface area contributed by atoms with Crippen LogP contribution in [0, 0.1) is 10.1 Å². The smallest absolute Gasteiger partial charge is 0.283 e. The average Bonchev–Trinajstić information content (AvgIpc) is 2.46. The molecule has 0 bridgehead atoms. The van der Waals surface area contributed by atoms with Crippen molar-refractivity contribution < 1.29 is 4.92 Å². The summed E-state index contributed by atoms with van der Waals surface area (Å²) in [6, 6.07) is 13.0. The quantitative estimate of drug-likeness (QED) is 0.653. The molecule has 5 nitrogen and oxygen atoms in total. The monoisotopic (exact) mass is 349 g/mol. The van der Waals surface area contributed by atoms with Crippen LogP contribution in [-0.2, 0) is 6.54 Å². The van der Waals surface area contributed by atoms with Crippen molar-refractivity contribution in [2.75, 3.05) is 24.3 Å². The summed E-state index contributed by atoms with van der Waals surface area (Å²) in [7, 11) is 3.98. The van der Waals surface area contributed by atoms with E-state index in [0.29, 0.717) is 11.0 Å². The molecule has 2 aromatic rings. The van der Waals surface area contributed by atoms with Gasteiger partial charge in [-0.05, 0) is 45.8 Å². The van der Waals surface area contributed by atoms with Gasteiger partial charge in [0.2, 0.25) is 0 Å². The molecular weight excluding hydrogens is 334 g/mol. The van der Waals surface area contributed by atoms with E-state index in [1.165, 1.54) is 6.07 Å². The Morgan fingerprint density at radius 3 is 2.43 bits per heavy atom. The topological polar surface area (TPSA) is 58.4 Å². The standard InChI is InChI=1S/C15H16BrN3O2/c1-18(2)13-8-6-12(7-9-13)17-10-11-4-3-5-14(15(11)16)19(20)21/h3-9,17H,10H2,1-2H3. The van der Waals surface area contributed by atoms with Crippen molar-refractivity contribution in [1.82, 2.24) is 0 Å². The van der Waals surface area contributed by atoms with Crippen molar-refractivity contribution >= 4 is 33.0 Å². The molecule has 0 spiro atoms. The van der Waals surface area contributed by atoms with Gasteiger partial charge in [-0.15, -0.1) is 0 Å². The SMILES string of the molecule is CN(C)c1ccc(NCc2cccc([N+](=O)[O-])c2Br)cc1. The average molecular weight is 350 g/mol. The van der Waals surface area contributed by atoms with E-state index in [2.05, 4.69) is 21.2 Å². The molecule has 0 saturated carbocycles. The van der Waals surface area contributed by atoms with Gasteiger partial charge in [-0.25, -0.2) is 0 Å². The normalized spacial score (nSPS) is 10.2. The van der Waals surface area contributed by atoms with Gasteiger partial charge in [0.05, 0.1) is 4.92 Å². The predicted octanol–water partition coefficient (Wildman–Crippen LogP) is 4.04. The van der Waals surface area contributed by atoms with Crippen LogP contribution in [-0.4, -0.2) is 19.0 Å². The highest BCUT2D eigenvalue weighted by molar-refractivity contribution is 9.10. The first-order valence-corrected chi connectivity index (χ1v) is 7.21. The van der Waals surface area contributed by atoms with Gasteiger partial charge in [-0.2, -0.15) is 0 Å². The van der Waals surface area contributed by atoms with E-state index in [4.69, 9.17) is 0 Å². The molecule has 0 aliphatic carbocycles. The van der Waals surface area contributed by atoms with Crippen LogP contribution < -0.4 is 10.2 Å². The lowest BCUT2D eigenvalue weighted by molar-refractivity contribution is -0.385. The van der Waals surface area contributed by atoms with Crippen LogP contribution in [0.2, 0.25) is 0 Å². The second-order valence-electron chi connectivity index (χ2n) is 4.80. The molecule has 1 N–H and O–H groups in total. The molecule has 0 radical (unpaired) electrons. The Bertz CT molecular complexity index is 642. The second kappa shape index (κ2) is 6.58.